The molecule has 0 spiro atoms. The van der Waals surface area contributed by atoms with Crippen LogP contribution >= 0.6 is 0 Å². The van der Waals surface area contributed by atoms with Crippen LogP contribution in [0.1, 0.15) is 58.7 Å². The van der Waals surface area contributed by atoms with E-state index in [0.29, 0.717) is 18.0 Å². The van der Waals surface area contributed by atoms with Gasteiger partial charge >= 0.3 is 0 Å². The molecule has 0 bridgehead atoms. The molecule has 1 saturated heterocycles. The van der Waals surface area contributed by atoms with Gasteiger partial charge in [0.1, 0.15) is 5.82 Å². The molecule has 1 aromatic heterocycles. The van der Waals surface area contributed by atoms with E-state index >= 15 is 0 Å². The van der Waals surface area contributed by atoms with Gasteiger partial charge in [0.15, 0.2) is 0 Å². The van der Waals surface area contributed by atoms with Crippen molar-refractivity contribution >= 4 is 5.82 Å². The van der Waals surface area contributed by atoms with E-state index in [0.717, 1.165) is 19.5 Å². The summed E-state index contributed by atoms with van der Waals surface area (Å²) in [5.74, 6) is 1.88. The first-order chi connectivity index (χ1) is 10.0. The lowest BCUT2D eigenvalue weighted by molar-refractivity contribution is 0.489. The van der Waals surface area contributed by atoms with Gasteiger partial charge in [-0.05, 0) is 42.9 Å². The van der Waals surface area contributed by atoms with Gasteiger partial charge in [0, 0.05) is 30.9 Å². The molecule has 0 saturated carbocycles. The lowest BCUT2D eigenvalue weighted by atomic mass is 10.0. The average molecular weight is 289 g/mol. The van der Waals surface area contributed by atoms with E-state index in [9.17, 15) is 0 Å². The van der Waals surface area contributed by atoms with Crippen LogP contribution < -0.4 is 10.2 Å². The monoisotopic (exact) mass is 289 g/mol. The Hall–Kier alpha value is -1.09. The van der Waals surface area contributed by atoms with Crippen LogP contribution in [0.15, 0.2) is 12.1 Å². The fourth-order valence-electron chi connectivity index (χ4n) is 3.16. The first kappa shape index (κ1) is 16.3. The summed E-state index contributed by atoms with van der Waals surface area (Å²) < 4.78 is 0. The molecule has 1 atom stereocenters. The van der Waals surface area contributed by atoms with Crippen molar-refractivity contribution in [1.82, 2.24) is 10.3 Å². The third-order valence-corrected chi connectivity index (χ3v) is 4.36. The summed E-state index contributed by atoms with van der Waals surface area (Å²) in [7, 11) is 0. The summed E-state index contributed by atoms with van der Waals surface area (Å²) in [5.41, 5.74) is 2.57. The smallest absolute Gasteiger partial charge is 0.129 e. The third kappa shape index (κ3) is 4.19. The van der Waals surface area contributed by atoms with Crippen LogP contribution in [0.5, 0.6) is 0 Å². The van der Waals surface area contributed by atoms with E-state index in [4.69, 9.17) is 4.98 Å². The van der Waals surface area contributed by atoms with Crippen molar-refractivity contribution in [2.75, 3.05) is 11.4 Å². The summed E-state index contributed by atoms with van der Waals surface area (Å²) in [6.45, 7) is 13.3. The molecule has 0 amide bonds. The molecule has 1 fully saturated rings. The lowest BCUT2D eigenvalue weighted by Gasteiger charge is -2.29. The van der Waals surface area contributed by atoms with E-state index in [-0.39, 0.29) is 0 Å². The molecule has 1 aliphatic rings. The highest BCUT2D eigenvalue weighted by Gasteiger charge is 2.28. The molecule has 1 aliphatic heterocycles. The Kier molecular flexibility index (Phi) is 5.63. The summed E-state index contributed by atoms with van der Waals surface area (Å²) in [5, 5.41) is 3.52. The van der Waals surface area contributed by atoms with Gasteiger partial charge in [-0.3, -0.25) is 0 Å². The molecule has 1 N–H and O–H groups in total. The van der Waals surface area contributed by atoms with Crippen LogP contribution in [0.25, 0.3) is 0 Å². The molecule has 0 aromatic carbocycles. The fourth-order valence-corrected chi connectivity index (χ4v) is 3.16. The Morgan fingerprint density at radius 3 is 2.67 bits per heavy atom. The highest BCUT2D eigenvalue weighted by Crippen LogP contribution is 2.29. The maximum absolute atomic E-state index is 4.89. The van der Waals surface area contributed by atoms with E-state index in [1.54, 1.807) is 0 Å². The van der Waals surface area contributed by atoms with Gasteiger partial charge < -0.3 is 10.2 Å². The molecule has 3 nitrogen and oxygen atoms in total. The van der Waals surface area contributed by atoms with Crippen LogP contribution in [0.4, 0.5) is 5.82 Å². The van der Waals surface area contributed by atoms with E-state index in [2.05, 4.69) is 57.0 Å². The van der Waals surface area contributed by atoms with Crippen molar-refractivity contribution in [3.63, 3.8) is 0 Å². The van der Waals surface area contributed by atoms with Crippen LogP contribution in [0.3, 0.4) is 0 Å². The Balaban J connectivity index is 2.23. The van der Waals surface area contributed by atoms with Gasteiger partial charge in [0.05, 0.1) is 0 Å². The van der Waals surface area contributed by atoms with Gasteiger partial charge in [-0.2, -0.15) is 0 Å². The minimum atomic E-state index is 0.516. The second kappa shape index (κ2) is 7.26. The lowest BCUT2D eigenvalue weighted by Crippen LogP contribution is -2.34. The Morgan fingerprint density at radius 1 is 1.29 bits per heavy atom. The number of nitrogens with one attached hydrogen (secondary N) is 1. The standard InChI is InChI=1S/C18H31N3/c1-6-16-10-15(12-19-14(4)5)11-18(20-16)21-9-7-8-17(21)13(2)3/h10-11,13-14,17,19H,6-9,12H2,1-5H3. The zero-order valence-electron chi connectivity index (χ0n) is 14.3. The molecular weight excluding hydrogens is 258 g/mol. The molecule has 2 rings (SSSR count). The number of anilines is 1. The number of aromatic nitrogens is 1. The molecule has 1 aromatic rings. The second-order valence-electron chi connectivity index (χ2n) is 6.86. The SMILES string of the molecule is CCc1cc(CNC(C)C)cc(N2CCCC2C(C)C)n1. The number of aryl methyl sites for hydroxylation is 1. The van der Waals surface area contributed by atoms with Gasteiger partial charge in [-0.25, -0.2) is 4.98 Å². The summed E-state index contributed by atoms with van der Waals surface area (Å²) in [6.07, 6.45) is 3.60. The molecule has 3 heteroatoms. The van der Waals surface area contributed by atoms with E-state index < -0.39 is 0 Å². The predicted octanol–water partition coefficient (Wildman–Crippen LogP) is 3.77. The highest BCUT2D eigenvalue weighted by atomic mass is 15.2. The molecule has 0 aliphatic carbocycles. The van der Waals surface area contributed by atoms with Crippen LogP contribution in [0.2, 0.25) is 0 Å². The second-order valence-corrected chi connectivity index (χ2v) is 6.86. The normalized spacial score (nSPS) is 19.0. The number of rotatable bonds is 6. The highest BCUT2D eigenvalue weighted by molar-refractivity contribution is 5.45. The summed E-state index contributed by atoms with van der Waals surface area (Å²) >= 11 is 0. The maximum Gasteiger partial charge on any atom is 0.129 e. The van der Waals surface area contributed by atoms with Crippen LogP contribution in [-0.4, -0.2) is 23.6 Å². The Labute approximate surface area is 130 Å². The number of hydrogen-bond acceptors (Lipinski definition) is 3. The zero-order valence-corrected chi connectivity index (χ0v) is 14.3. The van der Waals surface area contributed by atoms with E-state index in [1.165, 1.54) is 29.9 Å². The van der Waals surface area contributed by atoms with Crippen molar-refractivity contribution in [3.8, 4) is 0 Å². The van der Waals surface area contributed by atoms with Crippen molar-refractivity contribution in [1.29, 1.82) is 0 Å². The number of hydrogen-bond donors (Lipinski definition) is 1. The minimum Gasteiger partial charge on any atom is -0.353 e. The van der Waals surface area contributed by atoms with E-state index in [1.807, 2.05) is 0 Å². The fraction of sp³-hybridized carbons (Fsp3) is 0.722. The van der Waals surface area contributed by atoms with Crippen LogP contribution in [0, 0.1) is 5.92 Å². The number of pyridine rings is 1. The van der Waals surface area contributed by atoms with Crippen molar-refractivity contribution in [2.45, 2.75) is 72.5 Å². The van der Waals surface area contributed by atoms with Gasteiger partial charge in [-0.1, -0.05) is 34.6 Å². The largest absolute Gasteiger partial charge is 0.353 e. The Bertz CT molecular complexity index is 454. The molecular formula is C18H31N3. The topological polar surface area (TPSA) is 28.2 Å². The van der Waals surface area contributed by atoms with Gasteiger partial charge in [-0.15, -0.1) is 0 Å². The molecule has 21 heavy (non-hydrogen) atoms. The minimum absolute atomic E-state index is 0.516. The Morgan fingerprint density at radius 2 is 2.05 bits per heavy atom. The first-order valence-electron chi connectivity index (χ1n) is 8.51. The van der Waals surface area contributed by atoms with Crippen molar-refractivity contribution < 1.29 is 0 Å². The maximum atomic E-state index is 4.89. The summed E-state index contributed by atoms with van der Waals surface area (Å²) in [6, 6.07) is 5.70. The predicted molar refractivity (Wildman–Crippen MR) is 90.8 cm³/mol. The van der Waals surface area contributed by atoms with Gasteiger partial charge in [0.2, 0.25) is 0 Å². The summed E-state index contributed by atoms with van der Waals surface area (Å²) in [4.78, 5) is 7.42. The molecule has 2 heterocycles. The zero-order chi connectivity index (χ0) is 15.4. The van der Waals surface area contributed by atoms with Crippen LogP contribution in [-0.2, 0) is 13.0 Å². The molecule has 1 unspecified atom stereocenters. The molecule has 118 valence electrons. The van der Waals surface area contributed by atoms with Gasteiger partial charge in [0.25, 0.3) is 0 Å². The van der Waals surface area contributed by atoms with Crippen molar-refractivity contribution in [2.24, 2.45) is 5.92 Å². The third-order valence-electron chi connectivity index (χ3n) is 4.36. The molecule has 0 radical (unpaired) electrons. The first-order valence-corrected chi connectivity index (χ1v) is 8.51. The number of nitrogens with zero attached hydrogens (tertiary/aromatic N) is 2. The quantitative estimate of drug-likeness (QED) is 0.864. The van der Waals surface area contributed by atoms with Crippen molar-refractivity contribution in [3.05, 3.63) is 23.4 Å². The average Bonchev–Trinajstić information content (AvgIpc) is 2.94.